The molecule has 2 N–H and O–H groups in total. The van der Waals surface area contributed by atoms with E-state index in [-0.39, 0.29) is 5.54 Å². The zero-order valence-corrected chi connectivity index (χ0v) is 13.1. The molecule has 0 spiro atoms. The highest BCUT2D eigenvalue weighted by molar-refractivity contribution is 6.42. The lowest BCUT2D eigenvalue weighted by molar-refractivity contribution is 0.241. The summed E-state index contributed by atoms with van der Waals surface area (Å²) in [6, 6.07) is 3.68. The largest absolute Gasteiger partial charge is 0.342 e. The van der Waals surface area contributed by atoms with Gasteiger partial charge in [0, 0.05) is 12.0 Å². The fourth-order valence-corrected chi connectivity index (χ4v) is 3.53. The Bertz CT molecular complexity index is 576. The second-order valence-corrected chi connectivity index (χ2v) is 6.55. The minimum absolute atomic E-state index is 0.180. The summed E-state index contributed by atoms with van der Waals surface area (Å²) in [5.74, 6) is 1.01. The van der Waals surface area contributed by atoms with Crippen LogP contribution in [0.4, 0.5) is 0 Å². The Kier molecular flexibility index (Phi) is 3.93. The van der Waals surface area contributed by atoms with E-state index < -0.39 is 0 Å². The van der Waals surface area contributed by atoms with Gasteiger partial charge in [-0.15, -0.1) is 0 Å². The van der Waals surface area contributed by atoms with Crippen LogP contribution < -0.4 is 5.32 Å². The van der Waals surface area contributed by atoms with Gasteiger partial charge in [0.05, 0.1) is 21.1 Å². The monoisotopic (exact) mass is 311 g/mol. The minimum atomic E-state index is 0.180. The van der Waals surface area contributed by atoms with Crippen LogP contribution in [0, 0.1) is 0 Å². The Labute approximate surface area is 129 Å². The first-order valence-corrected chi connectivity index (χ1v) is 7.90. The van der Waals surface area contributed by atoms with Crippen LogP contribution in [0.2, 0.25) is 10.0 Å². The Morgan fingerprint density at radius 1 is 1.20 bits per heavy atom. The minimum Gasteiger partial charge on any atom is -0.342 e. The van der Waals surface area contributed by atoms with Crippen molar-refractivity contribution in [1.82, 2.24) is 15.3 Å². The van der Waals surface area contributed by atoms with Crippen LogP contribution in [0.25, 0.3) is 11.0 Å². The highest BCUT2D eigenvalue weighted by Crippen LogP contribution is 2.32. The van der Waals surface area contributed by atoms with Gasteiger partial charge in [-0.1, -0.05) is 42.5 Å². The summed E-state index contributed by atoms with van der Waals surface area (Å²) in [4.78, 5) is 8.04. The van der Waals surface area contributed by atoms with Gasteiger partial charge < -0.3 is 10.3 Å². The van der Waals surface area contributed by atoms with Crippen LogP contribution in [0.15, 0.2) is 12.1 Å². The number of aromatic amines is 1. The Hall–Kier alpha value is -0.770. The molecule has 0 amide bonds. The normalized spacial score (nSPS) is 18.6. The third-order valence-electron chi connectivity index (χ3n) is 4.42. The maximum Gasteiger partial charge on any atom is 0.109 e. The van der Waals surface area contributed by atoms with Crippen molar-refractivity contribution in [3.63, 3.8) is 0 Å². The van der Waals surface area contributed by atoms with Gasteiger partial charge in [-0.05, 0) is 32.0 Å². The average molecular weight is 312 g/mol. The molecule has 3 nitrogen and oxygen atoms in total. The molecule has 0 unspecified atom stereocenters. The first-order valence-electron chi connectivity index (χ1n) is 7.14. The van der Waals surface area contributed by atoms with Gasteiger partial charge in [-0.2, -0.15) is 0 Å². The quantitative estimate of drug-likeness (QED) is 0.885. The number of nitrogens with one attached hydrogen (secondary N) is 2. The fourth-order valence-electron chi connectivity index (χ4n) is 3.21. The summed E-state index contributed by atoms with van der Waals surface area (Å²) >= 11 is 12.1. The maximum atomic E-state index is 6.05. The molecule has 0 bridgehead atoms. The molecular formula is C15H19Cl2N3. The summed E-state index contributed by atoms with van der Waals surface area (Å²) in [7, 11) is 2.06. The summed E-state index contributed by atoms with van der Waals surface area (Å²) in [6.07, 6.45) is 7.27. The van der Waals surface area contributed by atoms with Gasteiger partial charge in [0.15, 0.2) is 0 Å². The summed E-state index contributed by atoms with van der Waals surface area (Å²) in [5.41, 5.74) is 2.02. The zero-order chi connectivity index (χ0) is 14.2. The first kappa shape index (κ1) is 14.2. The van der Waals surface area contributed by atoms with Crippen molar-refractivity contribution in [1.29, 1.82) is 0 Å². The van der Waals surface area contributed by atoms with E-state index in [1.165, 1.54) is 32.1 Å². The number of benzene rings is 1. The molecule has 0 saturated heterocycles. The van der Waals surface area contributed by atoms with Crippen molar-refractivity contribution in [2.24, 2.45) is 0 Å². The average Bonchev–Trinajstić information content (AvgIpc) is 2.81. The molecule has 108 valence electrons. The van der Waals surface area contributed by atoms with Crippen molar-refractivity contribution in [2.75, 3.05) is 7.05 Å². The molecule has 1 aliphatic rings. The van der Waals surface area contributed by atoms with E-state index in [1.54, 1.807) is 0 Å². The molecule has 5 heteroatoms. The second-order valence-electron chi connectivity index (χ2n) is 5.73. The molecule has 1 aromatic heterocycles. The number of nitrogens with zero attached hydrogens (tertiary/aromatic N) is 1. The summed E-state index contributed by atoms with van der Waals surface area (Å²) in [5, 5.41) is 4.64. The standard InChI is InChI=1S/C15H19Cl2N3/c1-18-15(5-3-2-4-6-15)9-14-19-12-7-10(16)11(17)8-13(12)20-14/h7-8,18H,2-6,9H2,1H3,(H,19,20). The van der Waals surface area contributed by atoms with E-state index >= 15 is 0 Å². The van der Waals surface area contributed by atoms with Crippen molar-refractivity contribution in [2.45, 2.75) is 44.1 Å². The molecule has 1 fully saturated rings. The molecule has 0 radical (unpaired) electrons. The third kappa shape index (κ3) is 2.67. The lowest BCUT2D eigenvalue weighted by Gasteiger charge is -2.36. The van der Waals surface area contributed by atoms with Crippen molar-refractivity contribution >= 4 is 34.2 Å². The van der Waals surface area contributed by atoms with Crippen molar-refractivity contribution in [3.8, 4) is 0 Å². The summed E-state index contributed by atoms with van der Waals surface area (Å²) in [6.45, 7) is 0. The number of hydrogen-bond acceptors (Lipinski definition) is 2. The summed E-state index contributed by atoms with van der Waals surface area (Å²) < 4.78 is 0. The van der Waals surface area contributed by atoms with Gasteiger partial charge in [-0.25, -0.2) is 4.98 Å². The molecule has 2 aromatic rings. The first-order chi connectivity index (χ1) is 9.62. The van der Waals surface area contributed by atoms with E-state index in [9.17, 15) is 0 Å². The van der Waals surface area contributed by atoms with Gasteiger partial charge in [0.25, 0.3) is 0 Å². The predicted molar refractivity (Wildman–Crippen MR) is 84.7 cm³/mol. The van der Waals surface area contributed by atoms with Crippen LogP contribution >= 0.6 is 23.2 Å². The Morgan fingerprint density at radius 3 is 2.60 bits per heavy atom. The van der Waals surface area contributed by atoms with Crippen LogP contribution in [0.5, 0.6) is 0 Å². The van der Waals surface area contributed by atoms with Gasteiger partial charge in [-0.3, -0.25) is 0 Å². The van der Waals surface area contributed by atoms with E-state index in [2.05, 4.69) is 22.3 Å². The van der Waals surface area contributed by atoms with E-state index in [1.807, 2.05) is 12.1 Å². The smallest absolute Gasteiger partial charge is 0.109 e. The molecule has 1 aromatic carbocycles. The molecule has 1 saturated carbocycles. The Morgan fingerprint density at radius 2 is 1.90 bits per heavy atom. The van der Waals surface area contributed by atoms with E-state index in [0.717, 1.165) is 23.3 Å². The third-order valence-corrected chi connectivity index (χ3v) is 5.14. The topological polar surface area (TPSA) is 40.7 Å². The highest BCUT2D eigenvalue weighted by Gasteiger charge is 2.31. The zero-order valence-electron chi connectivity index (χ0n) is 11.6. The molecule has 0 atom stereocenters. The van der Waals surface area contributed by atoms with E-state index in [4.69, 9.17) is 23.2 Å². The number of H-pyrrole nitrogens is 1. The predicted octanol–water partition coefficient (Wildman–Crippen LogP) is 4.33. The van der Waals surface area contributed by atoms with Gasteiger partial charge in [0.2, 0.25) is 0 Å². The lowest BCUT2D eigenvalue weighted by atomic mass is 9.79. The number of hydrogen-bond donors (Lipinski definition) is 2. The SMILES string of the molecule is CNC1(Cc2nc3cc(Cl)c(Cl)cc3[nH]2)CCCCC1. The van der Waals surface area contributed by atoms with Crippen LogP contribution in [-0.2, 0) is 6.42 Å². The van der Waals surface area contributed by atoms with Gasteiger partial charge >= 0.3 is 0 Å². The van der Waals surface area contributed by atoms with Crippen molar-refractivity contribution in [3.05, 3.63) is 28.0 Å². The second kappa shape index (κ2) is 5.55. The molecule has 20 heavy (non-hydrogen) atoms. The maximum absolute atomic E-state index is 6.05. The molecule has 1 heterocycles. The molecule has 3 rings (SSSR count). The molecular weight excluding hydrogens is 293 g/mol. The molecule has 0 aliphatic heterocycles. The van der Waals surface area contributed by atoms with Crippen LogP contribution in [0.1, 0.15) is 37.9 Å². The number of halogens is 2. The van der Waals surface area contributed by atoms with Gasteiger partial charge in [0.1, 0.15) is 5.82 Å². The number of fused-ring (bicyclic) bond motifs is 1. The van der Waals surface area contributed by atoms with Crippen LogP contribution in [0.3, 0.4) is 0 Å². The van der Waals surface area contributed by atoms with E-state index in [0.29, 0.717) is 10.0 Å². The van der Waals surface area contributed by atoms with Crippen molar-refractivity contribution < 1.29 is 0 Å². The number of rotatable bonds is 3. The Balaban J connectivity index is 1.90. The number of imidazole rings is 1. The number of likely N-dealkylation sites (N-methyl/N-ethyl adjacent to an activating group) is 1. The highest BCUT2D eigenvalue weighted by atomic mass is 35.5. The number of aromatic nitrogens is 2. The fraction of sp³-hybridized carbons (Fsp3) is 0.533. The molecule has 1 aliphatic carbocycles. The van der Waals surface area contributed by atoms with Crippen LogP contribution in [-0.4, -0.2) is 22.6 Å². The lowest BCUT2D eigenvalue weighted by Crippen LogP contribution is -2.46.